The molecule has 1 aromatic carbocycles. The molecule has 1 amide bonds. The fourth-order valence-corrected chi connectivity index (χ4v) is 2.42. The number of nitrogens with one attached hydrogen (secondary N) is 2. The van der Waals surface area contributed by atoms with E-state index in [1.807, 2.05) is 13.8 Å². The third-order valence-electron chi connectivity index (χ3n) is 3.65. The zero-order valence-corrected chi connectivity index (χ0v) is 13.2. The Labute approximate surface area is 130 Å². The third kappa shape index (κ3) is 5.36. The number of carbonyl (C=O) groups is 1. The van der Waals surface area contributed by atoms with E-state index in [4.69, 9.17) is 4.74 Å². The molecule has 1 fully saturated rings. The quantitative estimate of drug-likeness (QED) is 0.834. The molecule has 22 heavy (non-hydrogen) atoms. The predicted octanol–water partition coefficient (Wildman–Crippen LogP) is 1.38. The maximum atomic E-state index is 13.7. The normalized spacial score (nSPS) is 17.2. The van der Waals surface area contributed by atoms with Crippen LogP contribution >= 0.6 is 0 Å². The van der Waals surface area contributed by atoms with Crippen molar-refractivity contribution < 1.29 is 13.9 Å². The van der Waals surface area contributed by atoms with Gasteiger partial charge in [-0.2, -0.15) is 0 Å². The summed E-state index contributed by atoms with van der Waals surface area (Å²) >= 11 is 0. The summed E-state index contributed by atoms with van der Waals surface area (Å²) in [4.78, 5) is 14.2. The van der Waals surface area contributed by atoms with E-state index in [1.165, 1.54) is 6.07 Å². The minimum Gasteiger partial charge on any atom is -0.379 e. The Morgan fingerprint density at radius 1 is 1.41 bits per heavy atom. The van der Waals surface area contributed by atoms with Crippen LogP contribution in [0.4, 0.5) is 10.1 Å². The van der Waals surface area contributed by atoms with Gasteiger partial charge in [-0.1, -0.05) is 6.07 Å². The fourth-order valence-electron chi connectivity index (χ4n) is 2.42. The highest BCUT2D eigenvalue weighted by Crippen LogP contribution is 2.14. The van der Waals surface area contributed by atoms with Gasteiger partial charge in [0.25, 0.3) is 0 Å². The summed E-state index contributed by atoms with van der Waals surface area (Å²) in [5.74, 6) is -0.647. The Balaban J connectivity index is 1.72. The summed E-state index contributed by atoms with van der Waals surface area (Å²) in [5.41, 5.74) is 1.05. The van der Waals surface area contributed by atoms with E-state index < -0.39 is 5.82 Å². The zero-order chi connectivity index (χ0) is 15.9. The van der Waals surface area contributed by atoms with Gasteiger partial charge in [-0.25, -0.2) is 4.39 Å². The Morgan fingerprint density at radius 3 is 2.82 bits per heavy atom. The molecule has 0 spiro atoms. The van der Waals surface area contributed by atoms with Crippen molar-refractivity contribution in [3.63, 3.8) is 0 Å². The second kappa shape index (κ2) is 8.22. The molecular weight excluding hydrogens is 285 g/mol. The molecule has 0 bridgehead atoms. The van der Waals surface area contributed by atoms with Crippen molar-refractivity contribution in [3.8, 4) is 0 Å². The molecule has 0 aromatic heterocycles. The van der Waals surface area contributed by atoms with Crippen LogP contribution in [0.5, 0.6) is 0 Å². The number of morpholine rings is 1. The lowest BCUT2D eigenvalue weighted by atomic mass is 10.2. The fraction of sp³-hybridized carbons (Fsp3) is 0.562. The van der Waals surface area contributed by atoms with E-state index >= 15 is 0 Å². The number of hydrogen-bond donors (Lipinski definition) is 2. The van der Waals surface area contributed by atoms with Crippen LogP contribution in [-0.4, -0.2) is 56.2 Å². The molecule has 1 heterocycles. The van der Waals surface area contributed by atoms with Gasteiger partial charge in [-0.15, -0.1) is 0 Å². The monoisotopic (exact) mass is 309 g/mol. The van der Waals surface area contributed by atoms with Crippen molar-refractivity contribution in [2.75, 3.05) is 44.7 Å². The second-order valence-corrected chi connectivity index (χ2v) is 5.73. The standard InChI is InChI=1S/C16H24FN3O2/c1-12-3-4-15(14(17)9-12)19-16(21)10-18-13(2)11-20-5-7-22-8-6-20/h3-4,9,13,18H,5-8,10-11H2,1-2H3,(H,19,21)/t13-/m0/s1. The number of benzene rings is 1. The Hall–Kier alpha value is -1.50. The molecule has 1 atom stereocenters. The molecule has 0 radical (unpaired) electrons. The predicted molar refractivity (Wildman–Crippen MR) is 84.5 cm³/mol. The largest absolute Gasteiger partial charge is 0.379 e. The number of halogens is 1. The minimum absolute atomic E-state index is 0.165. The molecule has 2 N–H and O–H groups in total. The molecule has 1 aliphatic heterocycles. The van der Waals surface area contributed by atoms with Crippen molar-refractivity contribution >= 4 is 11.6 Å². The van der Waals surface area contributed by atoms with Gasteiger partial charge in [-0.05, 0) is 31.5 Å². The van der Waals surface area contributed by atoms with Crippen LogP contribution < -0.4 is 10.6 Å². The van der Waals surface area contributed by atoms with Crippen LogP contribution in [-0.2, 0) is 9.53 Å². The summed E-state index contributed by atoms with van der Waals surface area (Å²) < 4.78 is 19.0. The molecule has 122 valence electrons. The average Bonchev–Trinajstić information content (AvgIpc) is 2.49. The van der Waals surface area contributed by atoms with Crippen molar-refractivity contribution in [1.82, 2.24) is 10.2 Å². The smallest absolute Gasteiger partial charge is 0.238 e. The van der Waals surface area contributed by atoms with E-state index in [0.717, 1.165) is 38.4 Å². The molecule has 1 aliphatic rings. The topological polar surface area (TPSA) is 53.6 Å². The minimum atomic E-state index is -0.408. The second-order valence-electron chi connectivity index (χ2n) is 5.73. The SMILES string of the molecule is Cc1ccc(NC(=O)CN[C@@H](C)CN2CCOCC2)c(F)c1. The van der Waals surface area contributed by atoms with Crippen molar-refractivity contribution in [1.29, 1.82) is 0 Å². The summed E-state index contributed by atoms with van der Waals surface area (Å²) in [7, 11) is 0. The lowest BCUT2D eigenvalue weighted by molar-refractivity contribution is -0.115. The molecule has 0 unspecified atom stereocenters. The molecule has 5 nitrogen and oxygen atoms in total. The summed E-state index contributed by atoms with van der Waals surface area (Å²) in [6.45, 7) is 8.26. The van der Waals surface area contributed by atoms with Gasteiger partial charge in [0, 0.05) is 25.7 Å². The molecular formula is C16H24FN3O2. The average molecular weight is 309 g/mol. The lowest BCUT2D eigenvalue weighted by Gasteiger charge is -2.29. The first kappa shape index (κ1) is 16.9. The summed E-state index contributed by atoms with van der Waals surface area (Å²) in [5, 5.41) is 5.75. The highest BCUT2D eigenvalue weighted by Gasteiger charge is 2.14. The van der Waals surface area contributed by atoms with Gasteiger partial charge in [0.2, 0.25) is 5.91 Å². The van der Waals surface area contributed by atoms with Gasteiger partial charge >= 0.3 is 0 Å². The number of carbonyl (C=O) groups excluding carboxylic acids is 1. The van der Waals surface area contributed by atoms with Gasteiger partial charge < -0.3 is 15.4 Å². The maximum Gasteiger partial charge on any atom is 0.238 e. The van der Waals surface area contributed by atoms with Crippen LogP contribution in [0.1, 0.15) is 12.5 Å². The zero-order valence-electron chi connectivity index (χ0n) is 13.2. The molecule has 6 heteroatoms. The lowest BCUT2D eigenvalue weighted by Crippen LogP contribution is -2.46. The van der Waals surface area contributed by atoms with E-state index in [9.17, 15) is 9.18 Å². The number of ether oxygens (including phenoxy) is 1. The molecule has 1 saturated heterocycles. The van der Waals surface area contributed by atoms with E-state index in [2.05, 4.69) is 15.5 Å². The van der Waals surface area contributed by atoms with Gasteiger partial charge in [0.15, 0.2) is 0 Å². The van der Waals surface area contributed by atoms with Crippen molar-refractivity contribution in [2.24, 2.45) is 0 Å². The van der Waals surface area contributed by atoms with Crippen LogP contribution in [0.15, 0.2) is 18.2 Å². The van der Waals surface area contributed by atoms with Crippen molar-refractivity contribution in [3.05, 3.63) is 29.6 Å². The number of rotatable bonds is 6. The summed E-state index contributed by atoms with van der Waals surface area (Å²) in [6.07, 6.45) is 0. The molecule has 0 aliphatic carbocycles. The summed E-state index contributed by atoms with van der Waals surface area (Å²) in [6, 6.07) is 4.95. The van der Waals surface area contributed by atoms with Crippen LogP contribution in [0, 0.1) is 12.7 Å². The van der Waals surface area contributed by atoms with E-state index in [1.54, 1.807) is 12.1 Å². The first-order valence-corrected chi connectivity index (χ1v) is 7.64. The maximum absolute atomic E-state index is 13.7. The number of amides is 1. The molecule has 2 rings (SSSR count). The number of hydrogen-bond acceptors (Lipinski definition) is 4. The highest BCUT2D eigenvalue weighted by atomic mass is 19.1. The van der Waals surface area contributed by atoms with Gasteiger partial charge in [0.05, 0.1) is 25.4 Å². The number of aryl methyl sites for hydroxylation is 1. The Bertz CT molecular complexity index is 504. The number of anilines is 1. The van der Waals surface area contributed by atoms with E-state index in [-0.39, 0.29) is 24.2 Å². The van der Waals surface area contributed by atoms with Gasteiger partial charge in [0.1, 0.15) is 5.82 Å². The molecule has 0 saturated carbocycles. The first-order chi connectivity index (χ1) is 10.5. The van der Waals surface area contributed by atoms with Crippen LogP contribution in [0.2, 0.25) is 0 Å². The van der Waals surface area contributed by atoms with Crippen LogP contribution in [0.25, 0.3) is 0 Å². The number of nitrogens with zero attached hydrogens (tertiary/aromatic N) is 1. The van der Waals surface area contributed by atoms with Crippen molar-refractivity contribution in [2.45, 2.75) is 19.9 Å². The Kier molecular flexibility index (Phi) is 6.30. The third-order valence-corrected chi connectivity index (χ3v) is 3.65. The van der Waals surface area contributed by atoms with Gasteiger partial charge in [-0.3, -0.25) is 9.69 Å². The highest BCUT2D eigenvalue weighted by molar-refractivity contribution is 5.92. The molecule has 1 aromatic rings. The first-order valence-electron chi connectivity index (χ1n) is 7.64. The van der Waals surface area contributed by atoms with Crippen LogP contribution in [0.3, 0.4) is 0 Å². The van der Waals surface area contributed by atoms with E-state index in [0.29, 0.717) is 0 Å². The Morgan fingerprint density at radius 2 is 2.14 bits per heavy atom.